The van der Waals surface area contributed by atoms with Crippen LogP contribution in [0.15, 0.2) is 12.3 Å². The van der Waals surface area contributed by atoms with Crippen LogP contribution in [0.2, 0.25) is 0 Å². The molecule has 2 rings (SSSR count). The molecule has 1 aromatic heterocycles. The monoisotopic (exact) mass is 248 g/mol. The molecule has 0 saturated heterocycles. The van der Waals surface area contributed by atoms with Crippen LogP contribution in [0.5, 0.6) is 5.88 Å². The number of hydrogen-bond donors (Lipinski definition) is 1. The lowest BCUT2D eigenvalue weighted by atomic mass is 10.2. The summed E-state index contributed by atoms with van der Waals surface area (Å²) in [5, 5.41) is 19.5. The van der Waals surface area contributed by atoms with Crippen LogP contribution < -0.4 is 10.5 Å². The van der Waals surface area contributed by atoms with E-state index in [1.54, 1.807) is 0 Å². The summed E-state index contributed by atoms with van der Waals surface area (Å²) in [7, 11) is 0. The molecule has 1 fully saturated rings. The Bertz CT molecular complexity index is 512. The summed E-state index contributed by atoms with van der Waals surface area (Å²) in [4.78, 5) is 13.8. The van der Waals surface area contributed by atoms with Gasteiger partial charge in [-0.05, 0) is 19.3 Å². The van der Waals surface area contributed by atoms with Gasteiger partial charge in [0.05, 0.1) is 4.92 Å². The largest absolute Gasteiger partial charge is 0.473 e. The van der Waals surface area contributed by atoms with Crippen LogP contribution in [0.25, 0.3) is 0 Å². The van der Waals surface area contributed by atoms with Crippen molar-refractivity contribution in [1.29, 1.82) is 5.26 Å². The lowest BCUT2D eigenvalue weighted by molar-refractivity contribution is -0.385. The summed E-state index contributed by atoms with van der Waals surface area (Å²) in [6.07, 6.45) is 3.42. The van der Waals surface area contributed by atoms with Gasteiger partial charge >= 0.3 is 0 Å². The highest BCUT2D eigenvalue weighted by atomic mass is 16.6. The molecule has 7 heteroatoms. The van der Waals surface area contributed by atoms with Crippen molar-refractivity contribution in [3.63, 3.8) is 0 Å². The minimum atomic E-state index is -0.594. The van der Waals surface area contributed by atoms with Crippen molar-refractivity contribution in [1.82, 2.24) is 4.98 Å². The summed E-state index contributed by atoms with van der Waals surface area (Å²) < 4.78 is 5.57. The average molecular weight is 248 g/mol. The molecule has 7 nitrogen and oxygen atoms in total. The van der Waals surface area contributed by atoms with Gasteiger partial charge in [0.25, 0.3) is 5.69 Å². The van der Waals surface area contributed by atoms with E-state index in [0.29, 0.717) is 6.42 Å². The van der Waals surface area contributed by atoms with Gasteiger partial charge in [-0.25, -0.2) is 4.98 Å². The molecular weight excluding hydrogens is 236 g/mol. The molecule has 0 spiro atoms. The molecule has 94 valence electrons. The van der Waals surface area contributed by atoms with Gasteiger partial charge < -0.3 is 10.5 Å². The van der Waals surface area contributed by atoms with Gasteiger partial charge in [0.2, 0.25) is 5.88 Å². The third-order valence-electron chi connectivity index (χ3n) is 2.87. The van der Waals surface area contributed by atoms with Crippen molar-refractivity contribution < 1.29 is 9.66 Å². The first-order chi connectivity index (χ1) is 8.60. The fourth-order valence-corrected chi connectivity index (χ4v) is 1.95. The minimum Gasteiger partial charge on any atom is -0.473 e. The van der Waals surface area contributed by atoms with E-state index >= 15 is 0 Å². The smallest absolute Gasteiger partial charge is 0.289 e. The highest BCUT2D eigenvalue weighted by Gasteiger charge is 2.25. The SMILES string of the molecule is N#Cc1cc([N+](=O)[O-])cnc1OC1CCC(N)C1. The number of nitro groups is 1. The van der Waals surface area contributed by atoms with Crippen LogP contribution in [0, 0.1) is 21.4 Å². The normalized spacial score (nSPS) is 22.4. The molecule has 0 bridgehead atoms. The van der Waals surface area contributed by atoms with Crippen LogP contribution in [-0.2, 0) is 0 Å². The highest BCUT2D eigenvalue weighted by Crippen LogP contribution is 2.26. The van der Waals surface area contributed by atoms with Gasteiger partial charge in [0.15, 0.2) is 0 Å². The van der Waals surface area contributed by atoms with Crippen molar-refractivity contribution in [3.05, 3.63) is 27.9 Å². The Hall–Kier alpha value is -2.20. The van der Waals surface area contributed by atoms with Crippen LogP contribution in [0.4, 0.5) is 5.69 Å². The average Bonchev–Trinajstić information content (AvgIpc) is 2.75. The van der Waals surface area contributed by atoms with E-state index in [9.17, 15) is 10.1 Å². The molecule has 2 N–H and O–H groups in total. The Balaban J connectivity index is 2.18. The molecule has 1 aromatic rings. The van der Waals surface area contributed by atoms with E-state index < -0.39 is 4.92 Å². The predicted octanol–water partition coefficient (Wildman–Crippen LogP) is 1.12. The van der Waals surface area contributed by atoms with E-state index in [0.717, 1.165) is 25.1 Å². The summed E-state index contributed by atoms with van der Waals surface area (Å²) in [6, 6.07) is 3.13. The number of ether oxygens (including phenoxy) is 1. The number of nitrogens with zero attached hydrogens (tertiary/aromatic N) is 3. The molecule has 2 unspecified atom stereocenters. The van der Waals surface area contributed by atoms with Crippen LogP contribution in [0.3, 0.4) is 0 Å². The van der Waals surface area contributed by atoms with E-state index in [-0.39, 0.29) is 29.3 Å². The van der Waals surface area contributed by atoms with Gasteiger partial charge in [0.1, 0.15) is 23.9 Å². The fraction of sp³-hybridized carbons (Fsp3) is 0.455. The quantitative estimate of drug-likeness (QED) is 0.633. The van der Waals surface area contributed by atoms with Gasteiger partial charge in [0, 0.05) is 12.1 Å². The maximum atomic E-state index is 10.6. The number of hydrogen-bond acceptors (Lipinski definition) is 6. The maximum absolute atomic E-state index is 10.6. The molecule has 0 aromatic carbocycles. The topological polar surface area (TPSA) is 115 Å². The second-order valence-corrected chi connectivity index (χ2v) is 4.23. The summed E-state index contributed by atoms with van der Waals surface area (Å²) in [5.74, 6) is 0.141. The molecule has 1 saturated carbocycles. The molecule has 18 heavy (non-hydrogen) atoms. The van der Waals surface area contributed by atoms with Crippen molar-refractivity contribution in [3.8, 4) is 11.9 Å². The first-order valence-corrected chi connectivity index (χ1v) is 5.57. The minimum absolute atomic E-state index is 0.0685. The molecule has 0 amide bonds. The lowest BCUT2D eigenvalue weighted by Crippen LogP contribution is -2.19. The number of pyridine rings is 1. The van der Waals surface area contributed by atoms with Crippen molar-refractivity contribution in [2.75, 3.05) is 0 Å². The first-order valence-electron chi connectivity index (χ1n) is 5.57. The molecule has 1 aliphatic carbocycles. The van der Waals surface area contributed by atoms with Gasteiger partial charge in [-0.3, -0.25) is 10.1 Å². The van der Waals surface area contributed by atoms with Gasteiger partial charge in [-0.15, -0.1) is 0 Å². The number of rotatable bonds is 3. The third-order valence-corrected chi connectivity index (χ3v) is 2.87. The van der Waals surface area contributed by atoms with E-state index in [4.69, 9.17) is 15.7 Å². The standard InChI is InChI=1S/C11H12N4O3/c12-5-7-3-9(15(16)17)6-14-11(7)18-10-2-1-8(13)4-10/h3,6,8,10H,1-2,4,13H2. The van der Waals surface area contributed by atoms with Crippen LogP contribution in [-0.4, -0.2) is 22.1 Å². The first kappa shape index (κ1) is 12.3. The Morgan fingerprint density at radius 1 is 1.61 bits per heavy atom. The molecular formula is C11H12N4O3. The van der Waals surface area contributed by atoms with E-state index in [2.05, 4.69) is 4.98 Å². The zero-order valence-electron chi connectivity index (χ0n) is 9.57. The molecule has 2 atom stereocenters. The zero-order valence-corrected chi connectivity index (χ0v) is 9.57. The van der Waals surface area contributed by atoms with E-state index in [1.807, 2.05) is 6.07 Å². The van der Waals surface area contributed by atoms with Crippen molar-refractivity contribution >= 4 is 5.69 Å². The molecule has 1 heterocycles. The number of nitriles is 1. The molecule has 1 aliphatic rings. The van der Waals surface area contributed by atoms with Crippen LogP contribution in [0.1, 0.15) is 24.8 Å². The van der Waals surface area contributed by atoms with Gasteiger partial charge in [-0.2, -0.15) is 5.26 Å². The fourth-order valence-electron chi connectivity index (χ4n) is 1.95. The van der Waals surface area contributed by atoms with E-state index in [1.165, 1.54) is 0 Å². The third kappa shape index (κ3) is 2.55. The van der Waals surface area contributed by atoms with Crippen LogP contribution >= 0.6 is 0 Å². The summed E-state index contributed by atoms with van der Waals surface area (Å²) in [6.45, 7) is 0. The Morgan fingerprint density at radius 3 is 2.94 bits per heavy atom. The number of aromatic nitrogens is 1. The summed E-state index contributed by atoms with van der Waals surface area (Å²) in [5.41, 5.74) is 5.61. The highest BCUT2D eigenvalue weighted by molar-refractivity contribution is 5.45. The van der Waals surface area contributed by atoms with Gasteiger partial charge in [-0.1, -0.05) is 0 Å². The number of nitrogens with two attached hydrogens (primary N) is 1. The molecule has 0 radical (unpaired) electrons. The molecule has 0 aliphatic heterocycles. The van der Waals surface area contributed by atoms with Crippen molar-refractivity contribution in [2.24, 2.45) is 5.73 Å². The Labute approximate surface area is 103 Å². The second-order valence-electron chi connectivity index (χ2n) is 4.23. The second kappa shape index (κ2) is 4.98. The van der Waals surface area contributed by atoms with Crippen molar-refractivity contribution in [2.45, 2.75) is 31.4 Å². The zero-order chi connectivity index (χ0) is 13.1. The maximum Gasteiger partial charge on any atom is 0.289 e. The predicted molar refractivity (Wildman–Crippen MR) is 61.8 cm³/mol. The summed E-state index contributed by atoms with van der Waals surface area (Å²) >= 11 is 0. The Kier molecular flexibility index (Phi) is 3.39. The lowest BCUT2D eigenvalue weighted by Gasteiger charge is -2.12. The Morgan fingerprint density at radius 2 is 2.39 bits per heavy atom.